The predicted molar refractivity (Wildman–Crippen MR) is 55.3 cm³/mol. The Bertz CT molecular complexity index is 302. The van der Waals surface area contributed by atoms with E-state index in [1.807, 2.05) is 6.92 Å². The highest BCUT2D eigenvalue weighted by atomic mass is 32.2. The van der Waals surface area contributed by atoms with Crippen molar-refractivity contribution in [1.29, 1.82) is 0 Å². The van der Waals surface area contributed by atoms with Gasteiger partial charge in [0.2, 0.25) is 0 Å². The van der Waals surface area contributed by atoms with Crippen LogP contribution < -0.4 is 5.73 Å². The van der Waals surface area contributed by atoms with Crippen LogP contribution >= 0.6 is 11.8 Å². The monoisotopic (exact) mass is 217 g/mol. The average molecular weight is 217 g/mol. The van der Waals surface area contributed by atoms with Crippen LogP contribution in [0.1, 0.15) is 13.3 Å². The fourth-order valence-electron chi connectivity index (χ4n) is 0.947. The van der Waals surface area contributed by atoms with Gasteiger partial charge in [0.25, 0.3) is 0 Å². The molecular weight excluding hydrogens is 204 g/mol. The maximum absolute atomic E-state index is 13.1. The summed E-state index contributed by atoms with van der Waals surface area (Å²) in [6.07, 6.45) is 0.821. The van der Waals surface area contributed by atoms with Crippen molar-refractivity contribution in [2.24, 2.45) is 5.73 Å². The third-order valence-electron chi connectivity index (χ3n) is 1.72. The Labute approximate surface area is 86.7 Å². The van der Waals surface area contributed by atoms with Gasteiger partial charge >= 0.3 is 0 Å². The van der Waals surface area contributed by atoms with Crippen LogP contribution in [-0.2, 0) is 0 Å². The van der Waals surface area contributed by atoms with Gasteiger partial charge in [0.05, 0.1) is 0 Å². The minimum atomic E-state index is -0.543. The Morgan fingerprint density at radius 3 is 2.71 bits per heavy atom. The number of benzene rings is 1. The molecule has 1 atom stereocenters. The second kappa shape index (κ2) is 5.32. The number of rotatable bonds is 4. The number of hydrogen-bond donors (Lipinski definition) is 1. The summed E-state index contributed by atoms with van der Waals surface area (Å²) >= 11 is 1.36. The first-order chi connectivity index (χ1) is 6.59. The molecule has 0 aromatic heterocycles. The van der Waals surface area contributed by atoms with Crippen LogP contribution in [0.25, 0.3) is 0 Å². The van der Waals surface area contributed by atoms with E-state index in [2.05, 4.69) is 0 Å². The summed E-state index contributed by atoms with van der Waals surface area (Å²) in [5.41, 5.74) is 5.55. The summed E-state index contributed by atoms with van der Waals surface area (Å²) in [6, 6.07) is 3.73. The van der Waals surface area contributed by atoms with Crippen molar-refractivity contribution in [2.45, 2.75) is 24.3 Å². The SMILES string of the molecule is CC(N)CCSc1ccc(F)cc1F. The van der Waals surface area contributed by atoms with Crippen LogP contribution in [0, 0.1) is 11.6 Å². The number of thioether (sulfide) groups is 1. The average Bonchev–Trinajstić information content (AvgIpc) is 2.08. The lowest BCUT2D eigenvalue weighted by molar-refractivity contribution is 0.565. The summed E-state index contributed by atoms with van der Waals surface area (Å²) < 4.78 is 25.6. The zero-order valence-corrected chi connectivity index (χ0v) is 8.78. The Kier molecular flexibility index (Phi) is 4.35. The highest BCUT2D eigenvalue weighted by molar-refractivity contribution is 7.99. The molecule has 1 unspecified atom stereocenters. The van der Waals surface area contributed by atoms with E-state index in [0.717, 1.165) is 18.2 Å². The van der Waals surface area contributed by atoms with E-state index in [9.17, 15) is 8.78 Å². The van der Waals surface area contributed by atoms with Crippen molar-refractivity contribution in [3.05, 3.63) is 29.8 Å². The first-order valence-electron chi connectivity index (χ1n) is 4.43. The molecule has 0 radical (unpaired) electrons. The maximum atomic E-state index is 13.1. The lowest BCUT2D eigenvalue weighted by atomic mass is 10.3. The highest BCUT2D eigenvalue weighted by Crippen LogP contribution is 2.22. The third kappa shape index (κ3) is 3.64. The molecule has 1 aromatic rings. The normalized spacial score (nSPS) is 12.9. The summed E-state index contributed by atoms with van der Waals surface area (Å²) in [5.74, 6) is -0.293. The van der Waals surface area contributed by atoms with Gasteiger partial charge in [0, 0.05) is 17.0 Å². The molecule has 0 bridgehead atoms. The van der Waals surface area contributed by atoms with Crippen molar-refractivity contribution in [2.75, 3.05) is 5.75 Å². The van der Waals surface area contributed by atoms with E-state index >= 15 is 0 Å². The zero-order chi connectivity index (χ0) is 10.6. The van der Waals surface area contributed by atoms with Gasteiger partial charge < -0.3 is 5.73 Å². The van der Waals surface area contributed by atoms with Crippen molar-refractivity contribution in [1.82, 2.24) is 0 Å². The summed E-state index contributed by atoms with van der Waals surface area (Å²) in [6.45, 7) is 1.90. The summed E-state index contributed by atoms with van der Waals surface area (Å²) in [4.78, 5) is 0.479. The van der Waals surface area contributed by atoms with Crippen molar-refractivity contribution < 1.29 is 8.78 Å². The van der Waals surface area contributed by atoms with E-state index < -0.39 is 11.6 Å². The van der Waals surface area contributed by atoms with Crippen molar-refractivity contribution in [3.63, 3.8) is 0 Å². The van der Waals surface area contributed by atoms with Gasteiger partial charge in [0.1, 0.15) is 11.6 Å². The third-order valence-corrected chi connectivity index (χ3v) is 2.81. The molecule has 0 spiro atoms. The molecule has 1 nitrogen and oxygen atoms in total. The standard InChI is InChI=1S/C10H13F2NS/c1-7(13)4-5-14-10-3-2-8(11)6-9(10)12/h2-3,6-7H,4-5,13H2,1H3. The van der Waals surface area contributed by atoms with E-state index in [1.54, 1.807) is 0 Å². The molecule has 0 amide bonds. The van der Waals surface area contributed by atoms with Gasteiger partial charge in [-0.3, -0.25) is 0 Å². The molecule has 2 N–H and O–H groups in total. The van der Waals surface area contributed by atoms with E-state index in [1.165, 1.54) is 23.9 Å². The molecule has 0 aliphatic heterocycles. The van der Waals surface area contributed by atoms with Crippen LogP contribution in [0.2, 0.25) is 0 Å². The smallest absolute Gasteiger partial charge is 0.139 e. The Hall–Kier alpha value is -0.610. The van der Waals surface area contributed by atoms with E-state index in [4.69, 9.17) is 5.73 Å². The van der Waals surface area contributed by atoms with Gasteiger partial charge in [-0.05, 0) is 31.2 Å². The molecule has 0 heterocycles. The molecule has 0 fully saturated rings. The fraction of sp³-hybridized carbons (Fsp3) is 0.400. The first-order valence-corrected chi connectivity index (χ1v) is 5.41. The van der Waals surface area contributed by atoms with Crippen LogP contribution in [0.4, 0.5) is 8.78 Å². The summed E-state index contributed by atoms with van der Waals surface area (Å²) in [5, 5.41) is 0. The Balaban J connectivity index is 2.51. The zero-order valence-electron chi connectivity index (χ0n) is 7.97. The molecular formula is C10H13F2NS. The number of nitrogens with two attached hydrogens (primary N) is 1. The molecule has 1 rings (SSSR count). The predicted octanol–water partition coefficient (Wildman–Crippen LogP) is 2.79. The molecule has 14 heavy (non-hydrogen) atoms. The topological polar surface area (TPSA) is 26.0 Å². The van der Waals surface area contributed by atoms with Gasteiger partial charge in [-0.1, -0.05) is 0 Å². The molecule has 0 saturated carbocycles. The molecule has 1 aromatic carbocycles. The van der Waals surface area contributed by atoms with Gasteiger partial charge in [-0.25, -0.2) is 8.78 Å². The van der Waals surface area contributed by atoms with Gasteiger partial charge in [0.15, 0.2) is 0 Å². The molecule has 4 heteroatoms. The molecule has 0 aliphatic rings. The molecule has 78 valence electrons. The Morgan fingerprint density at radius 2 is 2.14 bits per heavy atom. The molecule has 0 aliphatic carbocycles. The lowest BCUT2D eigenvalue weighted by Crippen LogP contribution is -2.15. The first kappa shape index (κ1) is 11.5. The quantitative estimate of drug-likeness (QED) is 0.785. The van der Waals surface area contributed by atoms with Gasteiger partial charge in [-0.15, -0.1) is 11.8 Å². The van der Waals surface area contributed by atoms with Crippen molar-refractivity contribution >= 4 is 11.8 Å². The van der Waals surface area contributed by atoms with Gasteiger partial charge in [-0.2, -0.15) is 0 Å². The summed E-state index contributed by atoms with van der Waals surface area (Å²) in [7, 11) is 0. The minimum Gasteiger partial charge on any atom is -0.328 e. The van der Waals surface area contributed by atoms with E-state index in [-0.39, 0.29) is 6.04 Å². The lowest BCUT2D eigenvalue weighted by Gasteiger charge is -2.05. The minimum absolute atomic E-state index is 0.117. The second-order valence-corrected chi connectivity index (χ2v) is 4.33. The Morgan fingerprint density at radius 1 is 1.43 bits per heavy atom. The highest BCUT2D eigenvalue weighted by Gasteiger charge is 2.04. The maximum Gasteiger partial charge on any atom is 0.139 e. The molecule has 0 saturated heterocycles. The largest absolute Gasteiger partial charge is 0.328 e. The van der Waals surface area contributed by atoms with Crippen LogP contribution in [0.15, 0.2) is 23.1 Å². The number of hydrogen-bond acceptors (Lipinski definition) is 2. The van der Waals surface area contributed by atoms with Crippen LogP contribution in [0.3, 0.4) is 0 Å². The second-order valence-electron chi connectivity index (χ2n) is 3.19. The fourth-order valence-corrected chi connectivity index (χ4v) is 2.02. The van der Waals surface area contributed by atoms with Crippen molar-refractivity contribution in [3.8, 4) is 0 Å². The van der Waals surface area contributed by atoms with Crippen LogP contribution in [-0.4, -0.2) is 11.8 Å². The van der Waals surface area contributed by atoms with E-state index in [0.29, 0.717) is 4.90 Å². The van der Waals surface area contributed by atoms with Crippen LogP contribution in [0.5, 0.6) is 0 Å². The number of halogens is 2.